The van der Waals surface area contributed by atoms with Gasteiger partial charge in [0.25, 0.3) is 0 Å². The van der Waals surface area contributed by atoms with Crippen LogP contribution in [0.25, 0.3) is 0 Å². The van der Waals surface area contributed by atoms with E-state index in [1.165, 1.54) is 0 Å². The SMILES string of the molecule is C=CCN(CC(=O)OCC)Cc1nonc1C. The van der Waals surface area contributed by atoms with Crippen molar-refractivity contribution in [2.45, 2.75) is 20.4 Å². The molecule has 0 saturated carbocycles. The highest BCUT2D eigenvalue weighted by molar-refractivity contribution is 5.71. The Morgan fingerprint density at radius 2 is 2.35 bits per heavy atom. The van der Waals surface area contributed by atoms with Crippen LogP contribution < -0.4 is 0 Å². The van der Waals surface area contributed by atoms with Crippen LogP contribution >= 0.6 is 0 Å². The van der Waals surface area contributed by atoms with Gasteiger partial charge in [0.2, 0.25) is 0 Å². The number of carbonyl (C=O) groups is 1. The van der Waals surface area contributed by atoms with Gasteiger partial charge in [-0.15, -0.1) is 6.58 Å². The summed E-state index contributed by atoms with van der Waals surface area (Å²) in [6.45, 7) is 8.88. The van der Waals surface area contributed by atoms with Gasteiger partial charge in [-0.05, 0) is 13.8 Å². The van der Waals surface area contributed by atoms with Crippen molar-refractivity contribution in [2.24, 2.45) is 0 Å². The predicted octanol–water partition coefficient (Wildman–Crippen LogP) is 0.929. The Morgan fingerprint density at radius 1 is 1.59 bits per heavy atom. The molecule has 1 heterocycles. The summed E-state index contributed by atoms with van der Waals surface area (Å²) < 4.78 is 9.50. The molecule has 94 valence electrons. The molecule has 0 aliphatic heterocycles. The molecule has 0 N–H and O–H groups in total. The summed E-state index contributed by atoms with van der Waals surface area (Å²) in [6, 6.07) is 0. The van der Waals surface area contributed by atoms with Gasteiger partial charge in [-0.3, -0.25) is 9.69 Å². The van der Waals surface area contributed by atoms with Crippen molar-refractivity contribution in [3.8, 4) is 0 Å². The standard InChI is InChI=1S/C11H17N3O3/c1-4-6-14(8-11(15)16-5-2)7-10-9(3)12-17-13-10/h4H,1,5-8H2,2-3H3. The first-order valence-electron chi connectivity index (χ1n) is 5.44. The molecule has 17 heavy (non-hydrogen) atoms. The molecular weight excluding hydrogens is 222 g/mol. The predicted molar refractivity (Wildman–Crippen MR) is 61.1 cm³/mol. The number of carbonyl (C=O) groups excluding carboxylic acids is 1. The first kappa shape index (κ1) is 13.4. The van der Waals surface area contributed by atoms with Crippen molar-refractivity contribution in [3.63, 3.8) is 0 Å². The van der Waals surface area contributed by atoms with Crippen LogP contribution in [-0.4, -0.2) is 40.9 Å². The van der Waals surface area contributed by atoms with Gasteiger partial charge in [-0.1, -0.05) is 16.4 Å². The first-order chi connectivity index (χ1) is 8.17. The summed E-state index contributed by atoms with van der Waals surface area (Å²) in [6.07, 6.45) is 1.72. The Balaban J connectivity index is 2.57. The summed E-state index contributed by atoms with van der Waals surface area (Å²) in [5.41, 5.74) is 1.44. The summed E-state index contributed by atoms with van der Waals surface area (Å²) in [7, 11) is 0. The normalized spacial score (nSPS) is 10.5. The molecule has 0 amide bonds. The lowest BCUT2D eigenvalue weighted by Crippen LogP contribution is -2.31. The van der Waals surface area contributed by atoms with Crippen molar-refractivity contribution in [1.82, 2.24) is 15.2 Å². The highest BCUT2D eigenvalue weighted by Gasteiger charge is 2.14. The minimum absolute atomic E-state index is 0.201. The highest BCUT2D eigenvalue weighted by atomic mass is 16.6. The molecule has 0 atom stereocenters. The van der Waals surface area contributed by atoms with Crippen LogP contribution in [0, 0.1) is 6.92 Å². The van der Waals surface area contributed by atoms with Gasteiger partial charge in [0.05, 0.1) is 13.2 Å². The number of nitrogens with zero attached hydrogens (tertiary/aromatic N) is 3. The van der Waals surface area contributed by atoms with Gasteiger partial charge in [-0.25, -0.2) is 4.63 Å². The third-order valence-corrected chi connectivity index (χ3v) is 2.17. The minimum atomic E-state index is -0.261. The van der Waals surface area contributed by atoms with E-state index < -0.39 is 0 Å². The number of ether oxygens (including phenoxy) is 1. The number of rotatable bonds is 7. The first-order valence-corrected chi connectivity index (χ1v) is 5.44. The Hall–Kier alpha value is -1.69. The molecule has 6 heteroatoms. The molecule has 0 bridgehead atoms. The molecule has 0 radical (unpaired) electrons. The molecular formula is C11H17N3O3. The maximum atomic E-state index is 11.4. The molecule has 1 aromatic rings. The van der Waals surface area contributed by atoms with Gasteiger partial charge in [-0.2, -0.15) is 0 Å². The van der Waals surface area contributed by atoms with E-state index in [9.17, 15) is 4.79 Å². The quantitative estimate of drug-likeness (QED) is 0.521. The van der Waals surface area contributed by atoms with Crippen LogP contribution in [0.2, 0.25) is 0 Å². The van der Waals surface area contributed by atoms with Crippen molar-refractivity contribution in [1.29, 1.82) is 0 Å². The molecule has 0 unspecified atom stereocenters. The van der Waals surface area contributed by atoms with Crippen LogP contribution in [0.15, 0.2) is 17.3 Å². The van der Waals surface area contributed by atoms with E-state index in [1.807, 2.05) is 11.8 Å². The van der Waals surface area contributed by atoms with Crippen molar-refractivity contribution in [3.05, 3.63) is 24.0 Å². The molecule has 0 aliphatic rings. The van der Waals surface area contributed by atoms with E-state index in [-0.39, 0.29) is 12.5 Å². The number of esters is 1. The van der Waals surface area contributed by atoms with E-state index in [0.29, 0.717) is 19.7 Å². The molecule has 1 rings (SSSR count). The summed E-state index contributed by atoms with van der Waals surface area (Å²) in [5.74, 6) is -0.261. The maximum Gasteiger partial charge on any atom is 0.320 e. The van der Waals surface area contributed by atoms with E-state index in [1.54, 1.807) is 13.0 Å². The average molecular weight is 239 g/mol. The molecule has 0 aliphatic carbocycles. The third-order valence-electron chi connectivity index (χ3n) is 2.17. The fourth-order valence-electron chi connectivity index (χ4n) is 1.36. The lowest BCUT2D eigenvalue weighted by Gasteiger charge is -2.17. The average Bonchev–Trinajstić information content (AvgIpc) is 2.65. The summed E-state index contributed by atoms with van der Waals surface area (Å²) in [5, 5.41) is 7.47. The van der Waals surface area contributed by atoms with Crippen molar-refractivity contribution >= 4 is 5.97 Å². The summed E-state index contributed by atoms with van der Waals surface area (Å²) in [4.78, 5) is 13.2. The third kappa shape index (κ3) is 4.36. The van der Waals surface area contributed by atoms with E-state index in [4.69, 9.17) is 4.74 Å². The Labute approximate surface area is 100 Å². The molecule has 0 fully saturated rings. The van der Waals surface area contributed by atoms with Crippen LogP contribution in [0.1, 0.15) is 18.3 Å². The lowest BCUT2D eigenvalue weighted by atomic mass is 10.3. The van der Waals surface area contributed by atoms with E-state index in [2.05, 4.69) is 21.5 Å². The zero-order chi connectivity index (χ0) is 12.7. The zero-order valence-electron chi connectivity index (χ0n) is 10.2. The topological polar surface area (TPSA) is 68.5 Å². The maximum absolute atomic E-state index is 11.4. The van der Waals surface area contributed by atoms with Crippen LogP contribution in [0.3, 0.4) is 0 Å². The Morgan fingerprint density at radius 3 is 2.88 bits per heavy atom. The fourth-order valence-corrected chi connectivity index (χ4v) is 1.36. The monoisotopic (exact) mass is 239 g/mol. The fraction of sp³-hybridized carbons (Fsp3) is 0.545. The van der Waals surface area contributed by atoms with Gasteiger partial charge in [0.1, 0.15) is 11.4 Å². The number of hydrogen-bond acceptors (Lipinski definition) is 6. The summed E-state index contributed by atoms with van der Waals surface area (Å²) >= 11 is 0. The number of aromatic nitrogens is 2. The second-order valence-electron chi connectivity index (χ2n) is 3.56. The van der Waals surface area contributed by atoms with Crippen LogP contribution in [-0.2, 0) is 16.1 Å². The smallest absolute Gasteiger partial charge is 0.320 e. The van der Waals surface area contributed by atoms with Crippen LogP contribution in [0.4, 0.5) is 0 Å². The molecule has 0 spiro atoms. The van der Waals surface area contributed by atoms with Gasteiger partial charge < -0.3 is 4.74 Å². The number of hydrogen-bond donors (Lipinski definition) is 0. The van der Waals surface area contributed by atoms with Gasteiger partial charge in [0.15, 0.2) is 0 Å². The van der Waals surface area contributed by atoms with Crippen molar-refractivity contribution < 1.29 is 14.2 Å². The molecule has 1 aromatic heterocycles. The number of aryl methyl sites for hydroxylation is 1. The van der Waals surface area contributed by atoms with Crippen molar-refractivity contribution in [2.75, 3.05) is 19.7 Å². The lowest BCUT2D eigenvalue weighted by molar-refractivity contribution is -0.144. The zero-order valence-corrected chi connectivity index (χ0v) is 10.2. The highest BCUT2D eigenvalue weighted by Crippen LogP contribution is 2.05. The minimum Gasteiger partial charge on any atom is -0.465 e. The second-order valence-corrected chi connectivity index (χ2v) is 3.56. The van der Waals surface area contributed by atoms with Gasteiger partial charge in [0, 0.05) is 13.1 Å². The van der Waals surface area contributed by atoms with E-state index in [0.717, 1.165) is 11.4 Å². The largest absolute Gasteiger partial charge is 0.465 e. The molecule has 0 aromatic carbocycles. The molecule has 0 saturated heterocycles. The van der Waals surface area contributed by atoms with Crippen LogP contribution in [0.5, 0.6) is 0 Å². The second kappa shape index (κ2) is 6.80. The van der Waals surface area contributed by atoms with Gasteiger partial charge >= 0.3 is 5.97 Å². The molecule has 6 nitrogen and oxygen atoms in total. The Bertz CT molecular complexity index is 376. The van der Waals surface area contributed by atoms with E-state index >= 15 is 0 Å². The Kier molecular flexibility index (Phi) is 5.35.